The van der Waals surface area contributed by atoms with Crippen molar-refractivity contribution in [2.75, 3.05) is 59.4 Å². The summed E-state index contributed by atoms with van der Waals surface area (Å²) in [5.74, 6) is 5.82. The molecule has 2 heterocycles. The zero-order valence-electron chi connectivity index (χ0n) is 12.0. The van der Waals surface area contributed by atoms with Gasteiger partial charge in [0.25, 0.3) is 0 Å². The maximum absolute atomic E-state index is 11.2. The van der Waals surface area contributed by atoms with E-state index in [1.165, 1.54) is 45.6 Å². The van der Waals surface area contributed by atoms with Gasteiger partial charge in [0, 0.05) is 32.7 Å². The third kappa shape index (κ3) is 4.72. The fourth-order valence-corrected chi connectivity index (χ4v) is 2.97. The van der Waals surface area contributed by atoms with Crippen LogP contribution in [0.15, 0.2) is 0 Å². The summed E-state index contributed by atoms with van der Waals surface area (Å²) in [5, 5.41) is 0. The highest BCUT2D eigenvalue weighted by Gasteiger charge is 2.23. The second-order valence-electron chi connectivity index (χ2n) is 5.89. The number of amides is 1. The van der Waals surface area contributed by atoms with Gasteiger partial charge >= 0.3 is 0 Å². The minimum absolute atomic E-state index is 0.0856. The number of nitrogens with zero attached hydrogens (tertiary/aromatic N) is 3. The highest BCUT2D eigenvalue weighted by atomic mass is 16.2. The third-order valence-corrected chi connectivity index (χ3v) is 4.35. The maximum atomic E-state index is 11.2. The van der Waals surface area contributed by atoms with Crippen molar-refractivity contribution in [3.8, 4) is 0 Å². The Kier molecular flexibility index (Phi) is 5.57. The Bertz CT molecular complexity index is 283. The molecule has 0 aromatic rings. The summed E-state index contributed by atoms with van der Waals surface area (Å²) >= 11 is 0. The molecule has 0 radical (unpaired) electrons. The van der Waals surface area contributed by atoms with Crippen LogP contribution in [0.3, 0.4) is 0 Å². The zero-order valence-corrected chi connectivity index (χ0v) is 12.0. The van der Waals surface area contributed by atoms with Gasteiger partial charge in [-0.15, -0.1) is 0 Å². The minimum atomic E-state index is -0.0856. The van der Waals surface area contributed by atoms with Gasteiger partial charge in [0.1, 0.15) is 0 Å². The molecule has 0 unspecified atom stereocenters. The molecule has 110 valence electrons. The Hall–Kier alpha value is -0.690. The first-order chi connectivity index (χ1) is 9.17. The van der Waals surface area contributed by atoms with Crippen molar-refractivity contribution in [2.24, 2.45) is 11.8 Å². The molecule has 2 rings (SSSR count). The third-order valence-electron chi connectivity index (χ3n) is 4.35. The molecular weight excluding hydrogens is 242 g/mol. The number of piperazine rings is 1. The fraction of sp³-hybridized carbons (Fsp3) is 0.923. The van der Waals surface area contributed by atoms with Crippen LogP contribution in [0, 0.1) is 5.92 Å². The molecule has 3 N–H and O–H groups in total. The van der Waals surface area contributed by atoms with Crippen LogP contribution >= 0.6 is 0 Å². The highest BCUT2D eigenvalue weighted by molar-refractivity contribution is 5.77. The van der Waals surface area contributed by atoms with Crippen LogP contribution < -0.4 is 11.3 Å². The van der Waals surface area contributed by atoms with Gasteiger partial charge in [0.05, 0.1) is 6.54 Å². The molecule has 0 atom stereocenters. The Balaban J connectivity index is 1.64. The number of carbonyl (C=O) groups excluding carboxylic acids is 1. The van der Waals surface area contributed by atoms with Gasteiger partial charge in [0.15, 0.2) is 0 Å². The lowest BCUT2D eigenvalue weighted by Crippen LogP contribution is -2.48. The lowest BCUT2D eigenvalue weighted by molar-refractivity contribution is -0.122. The van der Waals surface area contributed by atoms with Gasteiger partial charge in [-0.05, 0) is 38.9 Å². The van der Waals surface area contributed by atoms with Crippen molar-refractivity contribution in [1.29, 1.82) is 0 Å². The van der Waals surface area contributed by atoms with Crippen LogP contribution in [0.25, 0.3) is 0 Å². The summed E-state index contributed by atoms with van der Waals surface area (Å²) in [6.07, 6.45) is 2.40. The van der Waals surface area contributed by atoms with Crippen molar-refractivity contribution in [3.05, 3.63) is 0 Å². The van der Waals surface area contributed by atoms with Crippen LogP contribution in [0.1, 0.15) is 12.8 Å². The van der Waals surface area contributed by atoms with Crippen LogP contribution in [0.5, 0.6) is 0 Å². The van der Waals surface area contributed by atoms with Crippen LogP contribution in [-0.2, 0) is 4.79 Å². The number of nitrogens with one attached hydrogen (secondary N) is 1. The summed E-state index contributed by atoms with van der Waals surface area (Å²) in [6, 6.07) is 0. The van der Waals surface area contributed by atoms with Crippen molar-refractivity contribution < 1.29 is 4.79 Å². The monoisotopic (exact) mass is 269 g/mol. The first-order valence-corrected chi connectivity index (χ1v) is 7.30. The maximum Gasteiger partial charge on any atom is 0.248 e. The van der Waals surface area contributed by atoms with E-state index in [9.17, 15) is 4.79 Å². The van der Waals surface area contributed by atoms with Gasteiger partial charge in [-0.2, -0.15) is 0 Å². The van der Waals surface area contributed by atoms with E-state index in [-0.39, 0.29) is 5.91 Å². The smallest absolute Gasteiger partial charge is 0.248 e. The number of rotatable bonds is 4. The quantitative estimate of drug-likeness (QED) is 0.387. The SMILES string of the molecule is CN1CCN(CC2CCN(CC(=O)NN)CC2)CC1. The Morgan fingerprint density at radius 3 is 2.32 bits per heavy atom. The molecule has 6 heteroatoms. The van der Waals surface area contributed by atoms with E-state index < -0.39 is 0 Å². The molecule has 0 saturated carbocycles. The summed E-state index contributed by atoms with van der Waals surface area (Å²) in [5.41, 5.74) is 2.20. The molecule has 0 aliphatic carbocycles. The number of hydrazine groups is 1. The molecule has 6 nitrogen and oxygen atoms in total. The van der Waals surface area contributed by atoms with Gasteiger partial charge in [-0.1, -0.05) is 0 Å². The van der Waals surface area contributed by atoms with E-state index in [0.29, 0.717) is 6.54 Å². The predicted molar refractivity (Wildman–Crippen MR) is 75.4 cm³/mol. The molecule has 2 aliphatic rings. The van der Waals surface area contributed by atoms with Crippen LogP contribution in [-0.4, -0.2) is 80.0 Å². The number of piperidine rings is 1. The standard InChI is InChI=1S/C13H27N5O/c1-16-6-8-18(9-7-16)10-12-2-4-17(5-3-12)11-13(19)15-14/h12H,2-11,14H2,1H3,(H,15,19). The van der Waals surface area contributed by atoms with E-state index >= 15 is 0 Å². The second-order valence-corrected chi connectivity index (χ2v) is 5.89. The number of likely N-dealkylation sites (tertiary alicyclic amines) is 1. The van der Waals surface area contributed by atoms with Gasteiger partial charge in [-0.25, -0.2) is 5.84 Å². The predicted octanol–water partition coefficient (Wildman–Crippen LogP) is -1.06. The molecule has 0 aromatic heterocycles. The number of likely N-dealkylation sites (N-methyl/N-ethyl adjacent to an activating group) is 1. The molecule has 0 bridgehead atoms. The lowest BCUT2D eigenvalue weighted by Gasteiger charge is -2.37. The van der Waals surface area contributed by atoms with Crippen LogP contribution in [0.2, 0.25) is 0 Å². The summed E-state index contributed by atoms with van der Waals surface area (Å²) < 4.78 is 0. The Morgan fingerprint density at radius 2 is 1.74 bits per heavy atom. The molecule has 0 aromatic carbocycles. The van der Waals surface area contributed by atoms with E-state index in [1.807, 2.05) is 0 Å². The number of hydrogen-bond acceptors (Lipinski definition) is 5. The minimum Gasteiger partial charge on any atom is -0.304 e. The highest BCUT2D eigenvalue weighted by Crippen LogP contribution is 2.18. The van der Waals surface area contributed by atoms with Crippen molar-refractivity contribution in [3.63, 3.8) is 0 Å². The Morgan fingerprint density at radius 1 is 1.11 bits per heavy atom. The fourth-order valence-electron chi connectivity index (χ4n) is 2.97. The average molecular weight is 269 g/mol. The average Bonchev–Trinajstić information content (AvgIpc) is 2.43. The van der Waals surface area contributed by atoms with Gasteiger partial charge < -0.3 is 9.80 Å². The summed E-state index contributed by atoms with van der Waals surface area (Å²) in [6.45, 7) is 8.49. The van der Waals surface area contributed by atoms with Crippen molar-refractivity contribution in [1.82, 2.24) is 20.1 Å². The number of hydrogen-bond donors (Lipinski definition) is 2. The molecule has 19 heavy (non-hydrogen) atoms. The van der Waals surface area contributed by atoms with E-state index in [0.717, 1.165) is 19.0 Å². The van der Waals surface area contributed by atoms with Crippen LogP contribution in [0.4, 0.5) is 0 Å². The Labute approximate surface area is 115 Å². The molecule has 0 spiro atoms. The van der Waals surface area contributed by atoms with Gasteiger partial charge in [-0.3, -0.25) is 15.1 Å². The summed E-state index contributed by atoms with van der Waals surface area (Å²) in [7, 11) is 2.19. The normalized spacial score (nSPS) is 24.5. The largest absolute Gasteiger partial charge is 0.304 e. The number of carbonyl (C=O) groups is 1. The van der Waals surface area contributed by atoms with Gasteiger partial charge in [0.2, 0.25) is 5.91 Å². The molecular formula is C13H27N5O. The first kappa shape index (κ1) is 14.7. The lowest BCUT2D eigenvalue weighted by atomic mass is 9.96. The molecule has 2 fully saturated rings. The molecule has 2 saturated heterocycles. The second kappa shape index (κ2) is 7.19. The first-order valence-electron chi connectivity index (χ1n) is 7.30. The topological polar surface area (TPSA) is 64.8 Å². The zero-order chi connectivity index (χ0) is 13.7. The van der Waals surface area contributed by atoms with E-state index in [4.69, 9.17) is 5.84 Å². The van der Waals surface area contributed by atoms with Crippen molar-refractivity contribution in [2.45, 2.75) is 12.8 Å². The number of nitrogens with two attached hydrogens (primary N) is 1. The van der Waals surface area contributed by atoms with E-state index in [1.54, 1.807) is 0 Å². The summed E-state index contributed by atoms with van der Waals surface area (Å²) in [4.78, 5) is 18.4. The van der Waals surface area contributed by atoms with Crippen molar-refractivity contribution >= 4 is 5.91 Å². The molecule has 2 aliphatic heterocycles. The van der Waals surface area contributed by atoms with E-state index in [2.05, 4.69) is 27.2 Å². The molecule has 1 amide bonds.